The maximum atomic E-state index is 12.5. The number of likely N-dealkylation sites (N-methyl/N-ethyl adjacent to an activating group) is 1. The fourth-order valence-electron chi connectivity index (χ4n) is 2.52. The number of amides is 1. The van der Waals surface area contributed by atoms with Crippen molar-refractivity contribution in [3.63, 3.8) is 0 Å². The molecular weight excluding hydrogens is 320 g/mol. The van der Waals surface area contributed by atoms with E-state index in [1.807, 2.05) is 30.3 Å². The zero-order valence-electron chi connectivity index (χ0n) is 14.0. The van der Waals surface area contributed by atoms with Crippen LogP contribution >= 0.6 is 0 Å². The Morgan fingerprint density at radius 3 is 2.04 bits per heavy atom. The molecule has 2 atom stereocenters. The lowest BCUT2D eigenvalue weighted by atomic mass is 10.0. The summed E-state index contributed by atoms with van der Waals surface area (Å²) in [6, 6.07) is 14.2. The zero-order valence-corrected chi connectivity index (χ0v) is 14.0. The number of rotatable bonds is 8. The standard InChI is InChI=1S/C19H22N2O4/c1-20-16(11-14-7-9-15(22)10-8-14)18(23)21-17(19(24)25)12-13-5-3-2-4-6-13/h2-10,16-17,20,22H,11-12H2,1H3,(H,21,23)(H,24,25)/t16-,17+/m0/s1. The van der Waals surface area contributed by atoms with Crippen molar-refractivity contribution in [1.29, 1.82) is 0 Å². The lowest BCUT2D eigenvalue weighted by molar-refractivity contribution is -0.142. The number of carboxylic acids is 1. The highest BCUT2D eigenvalue weighted by molar-refractivity contribution is 5.87. The molecule has 0 spiro atoms. The highest BCUT2D eigenvalue weighted by Gasteiger charge is 2.24. The third-order valence-corrected chi connectivity index (χ3v) is 3.94. The van der Waals surface area contributed by atoms with E-state index in [1.165, 1.54) is 0 Å². The van der Waals surface area contributed by atoms with Gasteiger partial charge in [0.05, 0.1) is 6.04 Å². The average molecular weight is 342 g/mol. The molecule has 2 rings (SSSR count). The summed E-state index contributed by atoms with van der Waals surface area (Å²) in [6.45, 7) is 0. The summed E-state index contributed by atoms with van der Waals surface area (Å²) in [6.07, 6.45) is 0.609. The molecule has 0 saturated heterocycles. The number of aromatic hydroxyl groups is 1. The molecule has 25 heavy (non-hydrogen) atoms. The molecule has 0 aromatic heterocycles. The number of hydrogen-bond donors (Lipinski definition) is 4. The van der Waals surface area contributed by atoms with Gasteiger partial charge < -0.3 is 20.8 Å². The second-order valence-corrected chi connectivity index (χ2v) is 5.80. The molecule has 2 aromatic rings. The van der Waals surface area contributed by atoms with E-state index in [0.29, 0.717) is 6.42 Å². The van der Waals surface area contributed by atoms with Gasteiger partial charge in [-0.3, -0.25) is 4.79 Å². The Hall–Kier alpha value is -2.86. The summed E-state index contributed by atoms with van der Waals surface area (Å²) in [5, 5.41) is 24.2. The summed E-state index contributed by atoms with van der Waals surface area (Å²) in [5.74, 6) is -1.29. The van der Waals surface area contributed by atoms with Gasteiger partial charge in [-0.2, -0.15) is 0 Å². The maximum absolute atomic E-state index is 12.5. The Labute approximate surface area is 146 Å². The number of hydrogen-bond acceptors (Lipinski definition) is 4. The van der Waals surface area contributed by atoms with Crippen LogP contribution in [-0.2, 0) is 22.4 Å². The van der Waals surface area contributed by atoms with E-state index >= 15 is 0 Å². The molecule has 1 amide bonds. The van der Waals surface area contributed by atoms with E-state index in [4.69, 9.17) is 0 Å². The zero-order chi connectivity index (χ0) is 18.2. The highest BCUT2D eigenvalue weighted by atomic mass is 16.4. The number of carboxylic acid groups (broad SMARTS) is 1. The van der Waals surface area contributed by atoms with Crippen molar-refractivity contribution in [2.24, 2.45) is 0 Å². The SMILES string of the molecule is CN[C@@H](Cc1ccc(O)cc1)C(=O)N[C@H](Cc1ccccc1)C(=O)O. The Balaban J connectivity index is 2.02. The molecule has 0 aliphatic rings. The van der Waals surface area contributed by atoms with Crippen molar-refractivity contribution in [1.82, 2.24) is 10.6 Å². The lowest BCUT2D eigenvalue weighted by Crippen LogP contribution is -2.51. The van der Waals surface area contributed by atoms with Crippen molar-refractivity contribution in [3.05, 3.63) is 65.7 Å². The van der Waals surface area contributed by atoms with Crippen molar-refractivity contribution < 1.29 is 19.8 Å². The molecule has 0 heterocycles. The van der Waals surface area contributed by atoms with Crippen molar-refractivity contribution in [2.75, 3.05) is 7.05 Å². The van der Waals surface area contributed by atoms with Crippen LogP contribution in [0.5, 0.6) is 5.75 Å². The normalized spacial score (nSPS) is 13.0. The van der Waals surface area contributed by atoms with Gasteiger partial charge in [0, 0.05) is 6.42 Å². The first-order valence-electron chi connectivity index (χ1n) is 8.02. The fraction of sp³-hybridized carbons (Fsp3) is 0.263. The van der Waals surface area contributed by atoms with E-state index in [2.05, 4.69) is 10.6 Å². The van der Waals surface area contributed by atoms with Crippen molar-refractivity contribution in [2.45, 2.75) is 24.9 Å². The minimum Gasteiger partial charge on any atom is -0.508 e. The minimum absolute atomic E-state index is 0.156. The summed E-state index contributed by atoms with van der Waals surface area (Å²) in [7, 11) is 1.65. The van der Waals surface area contributed by atoms with E-state index < -0.39 is 18.1 Å². The van der Waals surface area contributed by atoms with Crippen LogP contribution in [0.3, 0.4) is 0 Å². The van der Waals surface area contributed by atoms with Gasteiger partial charge in [-0.25, -0.2) is 4.79 Å². The predicted octanol–water partition coefficient (Wildman–Crippen LogP) is 1.33. The molecule has 0 saturated carbocycles. The Bertz CT molecular complexity index is 701. The molecule has 132 valence electrons. The smallest absolute Gasteiger partial charge is 0.326 e. The number of carbonyl (C=O) groups is 2. The molecule has 6 nitrogen and oxygen atoms in total. The third-order valence-electron chi connectivity index (χ3n) is 3.94. The van der Waals surface area contributed by atoms with Crippen LogP contribution < -0.4 is 10.6 Å². The average Bonchev–Trinajstić information content (AvgIpc) is 2.61. The van der Waals surface area contributed by atoms with Gasteiger partial charge in [-0.15, -0.1) is 0 Å². The molecule has 0 aliphatic carbocycles. The topological polar surface area (TPSA) is 98.7 Å². The van der Waals surface area contributed by atoms with E-state index in [-0.39, 0.29) is 18.1 Å². The van der Waals surface area contributed by atoms with Crippen LogP contribution in [0.25, 0.3) is 0 Å². The number of carbonyl (C=O) groups excluding carboxylic acids is 1. The minimum atomic E-state index is -1.07. The third kappa shape index (κ3) is 5.61. The first kappa shape index (κ1) is 18.5. The van der Waals surface area contributed by atoms with Gasteiger partial charge in [-0.05, 0) is 36.7 Å². The van der Waals surface area contributed by atoms with Gasteiger partial charge in [0.1, 0.15) is 11.8 Å². The molecular formula is C19H22N2O4. The molecule has 0 bridgehead atoms. The summed E-state index contributed by atoms with van der Waals surface area (Å²) in [5.41, 5.74) is 1.71. The Morgan fingerprint density at radius 1 is 0.920 bits per heavy atom. The van der Waals surface area contributed by atoms with E-state index in [9.17, 15) is 19.8 Å². The number of phenolic OH excluding ortho intramolecular Hbond substituents is 1. The number of nitrogens with one attached hydrogen (secondary N) is 2. The van der Waals surface area contributed by atoms with Gasteiger partial charge in [0.15, 0.2) is 0 Å². The molecule has 6 heteroatoms. The Kier molecular flexibility index (Phi) is 6.54. The first-order chi connectivity index (χ1) is 12.0. The van der Waals surface area contributed by atoms with Gasteiger partial charge in [-0.1, -0.05) is 42.5 Å². The van der Waals surface area contributed by atoms with Crippen LogP contribution in [0, 0.1) is 0 Å². The van der Waals surface area contributed by atoms with Crippen LogP contribution in [0.1, 0.15) is 11.1 Å². The molecule has 0 unspecified atom stereocenters. The van der Waals surface area contributed by atoms with Crippen LogP contribution in [-0.4, -0.2) is 41.2 Å². The van der Waals surface area contributed by atoms with E-state index in [0.717, 1.165) is 11.1 Å². The number of benzene rings is 2. The van der Waals surface area contributed by atoms with Crippen LogP contribution in [0.15, 0.2) is 54.6 Å². The van der Waals surface area contributed by atoms with Crippen LogP contribution in [0.2, 0.25) is 0 Å². The van der Waals surface area contributed by atoms with Crippen molar-refractivity contribution in [3.8, 4) is 5.75 Å². The highest BCUT2D eigenvalue weighted by Crippen LogP contribution is 2.11. The van der Waals surface area contributed by atoms with Crippen LogP contribution in [0.4, 0.5) is 0 Å². The molecule has 0 radical (unpaired) electrons. The summed E-state index contributed by atoms with van der Waals surface area (Å²) < 4.78 is 0. The van der Waals surface area contributed by atoms with Gasteiger partial charge in [0.25, 0.3) is 0 Å². The largest absolute Gasteiger partial charge is 0.508 e. The lowest BCUT2D eigenvalue weighted by Gasteiger charge is -2.20. The Morgan fingerprint density at radius 2 is 1.48 bits per heavy atom. The summed E-state index contributed by atoms with van der Waals surface area (Å²) in [4.78, 5) is 23.9. The second kappa shape index (κ2) is 8.84. The molecule has 0 aliphatic heterocycles. The fourth-order valence-corrected chi connectivity index (χ4v) is 2.52. The van der Waals surface area contributed by atoms with Gasteiger partial charge in [0.2, 0.25) is 5.91 Å². The quantitative estimate of drug-likeness (QED) is 0.580. The van der Waals surface area contributed by atoms with E-state index in [1.54, 1.807) is 31.3 Å². The van der Waals surface area contributed by atoms with Gasteiger partial charge >= 0.3 is 5.97 Å². The van der Waals surface area contributed by atoms with Crippen molar-refractivity contribution >= 4 is 11.9 Å². The number of phenols is 1. The summed E-state index contributed by atoms with van der Waals surface area (Å²) >= 11 is 0. The number of aliphatic carboxylic acids is 1. The maximum Gasteiger partial charge on any atom is 0.326 e. The molecule has 4 N–H and O–H groups in total. The predicted molar refractivity (Wildman–Crippen MR) is 94.4 cm³/mol. The molecule has 2 aromatic carbocycles. The second-order valence-electron chi connectivity index (χ2n) is 5.80. The first-order valence-corrected chi connectivity index (χ1v) is 8.02. The monoisotopic (exact) mass is 342 g/mol. The molecule has 0 fully saturated rings.